The lowest BCUT2D eigenvalue weighted by atomic mass is 9.87. The van der Waals surface area contributed by atoms with Crippen molar-refractivity contribution in [3.8, 4) is 12.1 Å². The average molecular weight is 1650 g/mol. The van der Waals surface area contributed by atoms with Gasteiger partial charge < -0.3 is 20.4 Å². The van der Waals surface area contributed by atoms with Gasteiger partial charge in [0.25, 0.3) is 23.6 Å². The quantitative estimate of drug-likeness (QED) is 0.0921. The lowest BCUT2D eigenvalue weighted by Crippen LogP contribution is -2.59. The molecule has 2 unspecified atom stereocenters. The van der Waals surface area contributed by atoms with Gasteiger partial charge in [0.05, 0.1) is 34.6 Å². The van der Waals surface area contributed by atoms with Gasteiger partial charge in [-0.15, -0.1) is 0 Å². The molecular weight excluding hydrogens is 1620 g/mol. The first kappa shape index (κ1) is 68.6. The van der Waals surface area contributed by atoms with Crippen LogP contribution in [-0.2, 0) is 11.3 Å². The number of nitriles is 2. The van der Waals surface area contributed by atoms with Gasteiger partial charge in [-0.3, -0.25) is 19.2 Å². The highest BCUT2D eigenvalue weighted by Crippen LogP contribution is 2.60. The van der Waals surface area contributed by atoms with Crippen LogP contribution in [0.3, 0.4) is 0 Å². The van der Waals surface area contributed by atoms with Crippen LogP contribution in [0.25, 0.3) is 0 Å². The van der Waals surface area contributed by atoms with Crippen molar-refractivity contribution in [1.29, 1.82) is 10.5 Å². The van der Waals surface area contributed by atoms with E-state index in [1.807, 2.05) is 12.1 Å². The average Bonchev–Trinajstić information content (AvgIpc) is 0.784. The molecular formula is C52H28F18I4N6O4. The van der Waals surface area contributed by atoms with Crippen molar-refractivity contribution >= 4 is 137 Å². The molecule has 0 saturated carbocycles. The summed E-state index contributed by atoms with van der Waals surface area (Å²) in [5.41, 5.74) is -15.5. The summed E-state index contributed by atoms with van der Waals surface area (Å²) < 4.78 is 242. The zero-order valence-electron chi connectivity index (χ0n) is 41.3. The second kappa shape index (κ2) is 25.4. The molecule has 2 N–H and O–H groups in total. The first-order valence-electron chi connectivity index (χ1n) is 22.3. The molecule has 0 aliphatic heterocycles. The molecule has 0 aliphatic carbocycles. The standard InChI is InChI=1S/2C26H14F9I2N3O2/c1-40(22(42)15-6-2-4-13(8-15)12-38)17-7-3-5-14(9-17)21(41)39-20-18(36)10-16(11-19(20)37)23(27,25(30,31)32)24(28,29)26(33,34)35;1-40(22(42)14-7-5-13(12-38)6-8-14)17-4-2-3-15(9-17)21(41)39-20-18(36)10-16(11-19(20)37)23(27,25(30,31)32)24(28,29)26(33,34)35/h2*2-11H,1H3,(H,39,41). The van der Waals surface area contributed by atoms with Crippen LogP contribution in [0.5, 0.6) is 0 Å². The Morgan fingerprint density at radius 3 is 1.05 bits per heavy atom. The third-order valence-electron chi connectivity index (χ3n) is 11.8. The maximum atomic E-state index is 14.9. The van der Waals surface area contributed by atoms with E-state index in [0.29, 0.717) is 5.56 Å². The summed E-state index contributed by atoms with van der Waals surface area (Å²) in [6, 6.07) is 26.9. The van der Waals surface area contributed by atoms with Crippen LogP contribution < -0.4 is 20.4 Å². The van der Waals surface area contributed by atoms with Gasteiger partial charge in [-0.05, 0) is 193 Å². The maximum Gasteiger partial charge on any atom is 0.457 e. The largest absolute Gasteiger partial charge is 0.457 e. The number of hydrogen-bond acceptors (Lipinski definition) is 6. The number of rotatable bonds is 12. The highest BCUT2D eigenvalue weighted by atomic mass is 127. The minimum atomic E-state index is -6.88. The van der Waals surface area contributed by atoms with Crippen molar-refractivity contribution in [2.24, 2.45) is 0 Å². The highest BCUT2D eigenvalue weighted by Gasteiger charge is 2.83. The van der Waals surface area contributed by atoms with E-state index in [4.69, 9.17) is 10.5 Å². The molecule has 0 aromatic heterocycles. The van der Waals surface area contributed by atoms with Crippen LogP contribution in [0.15, 0.2) is 121 Å². The minimum absolute atomic E-state index is 0.0682. The third-order valence-corrected chi connectivity index (χ3v) is 15.2. The Balaban J connectivity index is 0.000000307. The van der Waals surface area contributed by atoms with Crippen LogP contribution in [0, 0.1) is 36.9 Å². The third kappa shape index (κ3) is 13.7. The van der Waals surface area contributed by atoms with Crippen molar-refractivity contribution in [2.75, 3.05) is 34.5 Å². The van der Waals surface area contributed by atoms with Gasteiger partial charge in [-0.1, -0.05) is 18.2 Å². The molecule has 0 heterocycles. The number of nitrogens with zero attached hydrogens (tertiary/aromatic N) is 4. The lowest BCUT2D eigenvalue weighted by Gasteiger charge is -2.36. The van der Waals surface area contributed by atoms with Gasteiger partial charge in [0.1, 0.15) is 0 Å². The summed E-state index contributed by atoms with van der Waals surface area (Å²) in [5, 5.41) is 22.6. The Morgan fingerprint density at radius 2 is 0.726 bits per heavy atom. The molecule has 0 fully saturated rings. The summed E-state index contributed by atoms with van der Waals surface area (Å²) in [5.74, 6) is -16.5. The van der Waals surface area contributed by atoms with Crippen LogP contribution in [-0.4, -0.2) is 74.3 Å². The molecule has 4 amide bonds. The number of benzene rings is 6. The smallest absolute Gasteiger partial charge is 0.320 e. The molecule has 2 atom stereocenters. The molecule has 84 heavy (non-hydrogen) atoms. The predicted octanol–water partition coefficient (Wildman–Crippen LogP) is 16.4. The fourth-order valence-corrected chi connectivity index (χ4v) is 11.4. The molecule has 0 saturated heterocycles. The number of hydrogen-bond donors (Lipinski definition) is 2. The van der Waals surface area contributed by atoms with Crippen molar-refractivity contribution in [3.63, 3.8) is 0 Å². The molecule has 0 radical (unpaired) electrons. The number of carbonyl (C=O) groups excluding carboxylic acids is 4. The first-order chi connectivity index (χ1) is 38.5. The lowest BCUT2D eigenvalue weighted by molar-refractivity contribution is -0.389. The molecule has 6 rings (SSSR count). The van der Waals surface area contributed by atoms with Gasteiger partial charge in [-0.25, -0.2) is 8.78 Å². The summed E-state index contributed by atoms with van der Waals surface area (Å²) in [6.45, 7) is 0. The SMILES string of the molecule is CN(C(=O)c1ccc(C#N)cc1)c1cccc(C(=O)Nc2c(I)cc(C(F)(C(F)(F)F)C(F)(F)C(F)(F)F)cc2I)c1.CN(C(=O)c1cccc(C#N)c1)c1cccc(C(=O)Nc2c(I)cc(C(F)(C(F)(F)F)C(F)(F)C(F)(F)F)cc2I)c1. The summed E-state index contributed by atoms with van der Waals surface area (Å²) in [6.07, 6.45) is -27.1. The number of amides is 4. The van der Waals surface area contributed by atoms with Crippen LogP contribution in [0.2, 0.25) is 0 Å². The van der Waals surface area contributed by atoms with E-state index in [-0.39, 0.29) is 74.8 Å². The Bertz CT molecular complexity index is 3580. The fourth-order valence-electron chi connectivity index (χ4n) is 7.33. The van der Waals surface area contributed by atoms with Crippen molar-refractivity contribution < 1.29 is 98.2 Å². The van der Waals surface area contributed by atoms with E-state index in [2.05, 4.69) is 10.6 Å². The first-order valence-corrected chi connectivity index (χ1v) is 26.6. The molecule has 444 valence electrons. The molecule has 6 aromatic rings. The summed E-state index contributed by atoms with van der Waals surface area (Å²) >= 11 is 5.06. The van der Waals surface area contributed by atoms with E-state index in [9.17, 15) is 98.2 Å². The fraction of sp³-hybridized carbons (Fsp3) is 0.192. The highest BCUT2D eigenvalue weighted by molar-refractivity contribution is 14.1. The molecule has 0 bridgehead atoms. The zero-order valence-corrected chi connectivity index (χ0v) is 49.9. The van der Waals surface area contributed by atoms with Gasteiger partial charge >= 0.3 is 47.9 Å². The Hall–Kier alpha value is -6.16. The van der Waals surface area contributed by atoms with Gasteiger partial charge in [0.15, 0.2) is 0 Å². The Morgan fingerprint density at radius 1 is 0.405 bits per heavy atom. The van der Waals surface area contributed by atoms with E-state index in [0.717, 1.165) is 0 Å². The minimum Gasteiger partial charge on any atom is -0.320 e. The normalized spacial score (nSPS) is 13.6. The van der Waals surface area contributed by atoms with Crippen molar-refractivity contribution in [2.45, 2.75) is 47.9 Å². The van der Waals surface area contributed by atoms with E-state index in [1.54, 1.807) is 0 Å². The topological polar surface area (TPSA) is 146 Å². The second-order valence-electron chi connectivity index (χ2n) is 17.2. The number of alkyl halides is 18. The Labute approximate surface area is 516 Å². The van der Waals surface area contributed by atoms with Crippen LogP contribution >= 0.6 is 90.4 Å². The number of anilines is 4. The van der Waals surface area contributed by atoms with E-state index >= 15 is 0 Å². The molecule has 6 aromatic carbocycles. The van der Waals surface area contributed by atoms with Gasteiger partial charge in [0.2, 0.25) is 0 Å². The molecule has 10 nitrogen and oxygen atoms in total. The van der Waals surface area contributed by atoms with Crippen molar-refractivity contribution in [1.82, 2.24) is 0 Å². The van der Waals surface area contributed by atoms with Crippen molar-refractivity contribution in [3.05, 3.63) is 180 Å². The molecule has 32 heteroatoms. The number of nitrogens with one attached hydrogen (secondary N) is 2. The Kier molecular flexibility index (Phi) is 20.8. The van der Waals surface area contributed by atoms with Crippen LogP contribution in [0.1, 0.15) is 63.7 Å². The zero-order chi connectivity index (χ0) is 63.7. The van der Waals surface area contributed by atoms with Crippen LogP contribution in [0.4, 0.5) is 102 Å². The maximum absolute atomic E-state index is 14.9. The van der Waals surface area contributed by atoms with E-state index < -0.39 is 96.9 Å². The van der Waals surface area contributed by atoms with E-state index in [1.165, 1.54) is 211 Å². The van der Waals surface area contributed by atoms with Gasteiger partial charge in [-0.2, -0.15) is 80.8 Å². The van der Waals surface area contributed by atoms with Gasteiger partial charge in [0, 0.05) is 73.1 Å². The second-order valence-corrected chi connectivity index (χ2v) is 21.9. The predicted molar refractivity (Wildman–Crippen MR) is 300 cm³/mol. The number of halogens is 22. The molecule has 0 aliphatic rings. The monoisotopic (exact) mass is 1650 g/mol. The summed E-state index contributed by atoms with van der Waals surface area (Å²) in [4.78, 5) is 54.0. The summed E-state index contributed by atoms with van der Waals surface area (Å²) in [7, 11) is 2.80. The molecule has 0 spiro atoms. The number of carbonyl (C=O) groups is 4.